The van der Waals surface area contributed by atoms with Gasteiger partial charge < -0.3 is 20.1 Å². The van der Waals surface area contributed by atoms with Crippen molar-refractivity contribution in [2.75, 3.05) is 30.9 Å². The number of benzene rings is 2. The summed E-state index contributed by atoms with van der Waals surface area (Å²) < 4.78 is 11.0. The molecule has 1 heterocycles. The normalized spacial score (nSPS) is 10.8. The quantitative estimate of drug-likeness (QED) is 0.467. The van der Waals surface area contributed by atoms with Crippen molar-refractivity contribution in [2.24, 2.45) is 0 Å². The summed E-state index contributed by atoms with van der Waals surface area (Å²) in [6.45, 7) is 5.45. The number of nitrogens with zero attached hydrogens (tertiary/aromatic N) is 2. The molecular weight excluding hydrogens is 364 g/mol. The van der Waals surface area contributed by atoms with Crippen LogP contribution in [0.15, 0.2) is 60.7 Å². The highest BCUT2D eigenvalue weighted by molar-refractivity contribution is 5.69. The number of aromatic nitrogens is 2. The molecule has 0 spiro atoms. The molecule has 3 rings (SSSR count). The summed E-state index contributed by atoms with van der Waals surface area (Å²) >= 11 is 0. The van der Waals surface area contributed by atoms with E-state index in [1.165, 1.54) is 0 Å². The van der Waals surface area contributed by atoms with Gasteiger partial charge in [0, 0.05) is 31.9 Å². The van der Waals surface area contributed by atoms with Gasteiger partial charge in [0.2, 0.25) is 5.95 Å². The first-order chi connectivity index (χ1) is 14.2. The maximum absolute atomic E-state index is 5.92. The van der Waals surface area contributed by atoms with Crippen LogP contribution in [0.3, 0.4) is 0 Å². The van der Waals surface area contributed by atoms with Gasteiger partial charge in [0.15, 0.2) is 0 Å². The van der Waals surface area contributed by atoms with Gasteiger partial charge in [-0.3, -0.25) is 0 Å². The second-order valence-electron chi connectivity index (χ2n) is 6.89. The van der Waals surface area contributed by atoms with E-state index in [0.29, 0.717) is 18.4 Å². The van der Waals surface area contributed by atoms with Crippen LogP contribution >= 0.6 is 0 Å². The third kappa shape index (κ3) is 6.19. The van der Waals surface area contributed by atoms with Crippen molar-refractivity contribution < 1.29 is 9.47 Å². The van der Waals surface area contributed by atoms with E-state index >= 15 is 0 Å². The van der Waals surface area contributed by atoms with E-state index in [2.05, 4.69) is 20.6 Å². The summed E-state index contributed by atoms with van der Waals surface area (Å²) in [7, 11) is 1.70. The molecule has 0 radical (unpaired) electrons. The molecule has 0 saturated heterocycles. The lowest BCUT2D eigenvalue weighted by atomic mass is 10.1. The Kier molecular flexibility index (Phi) is 7.41. The number of anilines is 3. The molecule has 1 aromatic heterocycles. The van der Waals surface area contributed by atoms with Gasteiger partial charge in [0.05, 0.1) is 17.5 Å². The zero-order valence-electron chi connectivity index (χ0n) is 17.2. The van der Waals surface area contributed by atoms with Crippen molar-refractivity contribution in [1.82, 2.24) is 9.97 Å². The monoisotopic (exact) mass is 392 g/mol. The minimum Gasteiger partial charge on any atom is -0.489 e. The zero-order valence-corrected chi connectivity index (χ0v) is 17.2. The van der Waals surface area contributed by atoms with Gasteiger partial charge in [0.1, 0.15) is 11.6 Å². The van der Waals surface area contributed by atoms with E-state index in [1.807, 2.05) is 74.5 Å². The molecule has 152 valence electrons. The molecule has 0 unspecified atom stereocenters. The molecule has 0 aliphatic heterocycles. The molecule has 0 saturated carbocycles. The van der Waals surface area contributed by atoms with E-state index in [0.717, 1.165) is 35.7 Å². The SMILES string of the molecule is COCCCNc1nc(Nc2ccccc2OC(C)C)cc(-c2ccccc2)n1. The molecule has 0 fully saturated rings. The molecule has 0 aliphatic rings. The number of methoxy groups -OCH3 is 1. The zero-order chi connectivity index (χ0) is 20.5. The van der Waals surface area contributed by atoms with E-state index in [9.17, 15) is 0 Å². The first-order valence-corrected chi connectivity index (χ1v) is 9.85. The lowest BCUT2D eigenvalue weighted by Gasteiger charge is -2.16. The van der Waals surface area contributed by atoms with E-state index in [1.54, 1.807) is 7.11 Å². The van der Waals surface area contributed by atoms with Gasteiger partial charge in [-0.25, -0.2) is 4.98 Å². The minimum atomic E-state index is 0.0845. The van der Waals surface area contributed by atoms with E-state index < -0.39 is 0 Å². The van der Waals surface area contributed by atoms with Crippen molar-refractivity contribution in [1.29, 1.82) is 0 Å². The average molecular weight is 393 g/mol. The van der Waals surface area contributed by atoms with Gasteiger partial charge in [-0.2, -0.15) is 4.98 Å². The maximum atomic E-state index is 5.92. The third-order valence-electron chi connectivity index (χ3n) is 4.12. The molecule has 2 aromatic carbocycles. The summed E-state index contributed by atoms with van der Waals surface area (Å²) in [5.74, 6) is 2.07. The lowest BCUT2D eigenvalue weighted by molar-refractivity contribution is 0.197. The van der Waals surface area contributed by atoms with Crippen LogP contribution in [0, 0.1) is 0 Å². The number of hydrogen-bond donors (Lipinski definition) is 2. The van der Waals surface area contributed by atoms with Crippen LogP contribution in [-0.2, 0) is 4.74 Å². The first-order valence-electron chi connectivity index (χ1n) is 9.85. The standard InChI is InChI=1S/C23H28N4O2/c1-17(2)29-21-13-8-7-12-19(21)25-22-16-20(18-10-5-4-6-11-18)26-23(27-22)24-14-9-15-28-3/h4-8,10-13,16-17H,9,14-15H2,1-3H3,(H2,24,25,26,27). The summed E-state index contributed by atoms with van der Waals surface area (Å²) in [6.07, 6.45) is 0.963. The Balaban J connectivity index is 1.89. The van der Waals surface area contributed by atoms with Gasteiger partial charge >= 0.3 is 0 Å². The maximum Gasteiger partial charge on any atom is 0.225 e. The molecule has 2 N–H and O–H groups in total. The van der Waals surface area contributed by atoms with Crippen LogP contribution in [0.2, 0.25) is 0 Å². The summed E-state index contributed by atoms with van der Waals surface area (Å²) in [4.78, 5) is 9.32. The molecule has 6 nitrogen and oxygen atoms in total. The Hall–Kier alpha value is -3.12. The fourth-order valence-electron chi connectivity index (χ4n) is 2.83. The Labute approximate surface area is 172 Å². The predicted molar refractivity (Wildman–Crippen MR) is 118 cm³/mol. The number of nitrogens with one attached hydrogen (secondary N) is 2. The van der Waals surface area contributed by atoms with Gasteiger partial charge in [-0.15, -0.1) is 0 Å². The smallest absolute Gasteiger partial charge is 0.225 e. The topological polar surface area (TPSA) is 68.3 Å². The second kappa shape index (κ2) is 10.4. The van der Waals surface area contributed by atoms with Crippen LogP contribution in [0.4, 0.5) is 17.5 Å². The van der Waals surface area contributed by atoms with Crippen molar-refractivity contribution in [3.63, 3.8) is 0 Å². The number of ether oxygens (including phenoxy) is 2. The Morgan fingerprint density at radius 3 is 2.48 bits per heavy atom. The molecular formula is C23H28N4O2. The predicted octanol–water partition coefficient (Wildman–Crippen LogP) is 5.12. The molecule has 0 atom stereocenters. The van der Waals surface area contributed by atoms with E-state index in [-0.39, 0.29) is 6.10 Å². The summed E-state index contributed by atoms with van der Waals surface area (Å²) in [6, 6.07) is 19.9. The fraction of sp³-hybridized carbons (Fsp3) is 0.304. The van der Waals surface area contributed by atoms with Crippen LogP contribution < -0.4 is 15.4 Å². The van der Waals surface area contributed by atoms with Crippen molar-refractivity contribution in [2.45, 2.75) is 26.4 Å². The van der Waals surface area contributed by atoms with Crippen molar-refractivity contribution in [3.05, 3.63) is 60.7 Å². The number of rotatable bonds is 10. The molecule has 29 heavy (non-hydrogen) atoms. The Morgan fingerprint density at radius 2 is 1.72 bits per heavy atom. The lowest BCUT2D eigenvalue weighted by Crippen LogP contribution is -2.10. The summed E-state index contributed by atoms with van der Waals surface area (Å²) in [5.41, 5.74) is 2.74. The van der Waals surface area contributed by atoms with E-state index in [4.69, 9.17) is 9.47 Å². The summed E-state index contributed by atoms with van der Waals surface area (Å²) in [5, 5.41) is 6.68. The minimum absolute atomic E-state index is 0.0845. The Bertz CT molecular complexity index is 900. The molecule has 6 heteroatoms. The van der Waals surface area contributed by atoms with Crippen LogP contribution in [0.1, 0.15) is 20.3 Å². The first kappa shape index (κ1) is 20.6. The van der Waals surface area contributed by atoms with Crippen LogP contribution in [-0.4, -0.2) is 36.3 Å². The highest BCUT2D eigenvalue weighted by Crippen LogP contribution is 2.29. The largest absolute Gasteiger partial charge is 0.489 e. The van der Waals surface area contributed by atoms with Gasteiger partial charge in [0.25, 0.3) is 0 Å². The van der Waals surface area contributed by atoms with Crippen molar-refractivity contribution >= 4 is 17.5 Å². The van der Waals surface area contributed by atoms with Crippen molar-refractivity contribution in [3.8, 4) is 17.0 Å². The van der Waals surface area contributed by atoms with Gasteiger partial charge in [-0.05, 0) is 32.4 Å². The number of hydrogen-bond acceptors (Lipinski definition) is 6. The molecule has 0 amide bonds. The third-order valence-corrected chi connectivity index (χ3v) is 4.12. The molecule has 0 aliphatic carbocycles. The van der Waals surface area contributed by atoms with Crippen LogP contribution in [0.25, 0.3) is 11.3 Å². The highest BCUT2D eigenvalue weighted by atomic mass is 16.5. The molecule has 3 aromatic rings. The highest BCUT2D eigenvalue weighted by Gasteiger charge is 2.10. The van der Waals surface area contributed by atoms with Gasteiger partial charge in [-0.1, -0.05) is 42.5 Å². The number of para-hydroxylation sites is 2. The average Bonchev–Trinajstić information content (AvgIpc) is 2.73. The Morgan fingerprint density at radius 1 is 0.966 bits per heavy atom. The van der Waals surface area contributed by atoms with Crippen LogP contribution in [0.5, 0.6) is 5.75 Å². The fourth-order valence-corrected chi connectivity index (χ4v) is 2.83. The second-order valence-corrected chi connectivity index (χ2v) is 6.89. The molecule has 0 bridgehead atoms.